The molecule has 1 fully saturated rings. The highest BCUT2D eigenvalue weighted by molar-refractivity contribution is 5.07. The van der Waals surface area contributed by atoms with E-state index in [9.17, 15) is 0 Å². The van der Waals surface area contributed by atoms with Crippen molar-refractivity contribution in [1.29, 1.82) is 0 Å². The van der Waals surface area contributed by atoms with E-state index in [1.807, 2.05) is 0 Å². The van der Waals surface area contributed by atoms with Crippen molar-refractivity contribution in [2.24, 2.45) is 5.92 Å². The SMILES string of the molecule is CC(C)CNCc1ccc(CN2CCN(C)C(C)C2)o1. The van der Waals surface area contributed by atoms with Gasteiger partial charge in [0.05, 0.1) is 13.1 Å². The summed E-state index contributed by atoms with van der Waals surface area (Å²) in [6, 6.07) is 4.85. The van der Waals surface area contributed by atoms with Crippen LogP contribution in [0.4, 0.5) is 0 Å². The van der Waals surface area contributed by atoms with Crippen molar-refractivity contribution in [3.63, 3.8) is 0 Å². The van der Waals surface area contributed by atoms with Crippen LogP contribution in [0.2, 0.25) is 0 Å². The van der Waals surface area contributed by atoms with Crippen molar-refractivity contribution in [1.82, 2.24) is 15.1 Å². The number of furan rings is 1. The van der Waals surface area contributed by atoms with Crippen molar-refractivity contribution in [3.8, 4) is 0 Å². The van der Waals surface area contributed by atoms with Gasteiger partial charge in [0.1, 0.15) is 11.5 Å². The van der Waals surface area contributed by atoms with Gasteiger partial charge in [0.2, 0.25) is 0 Å². The third-order valence-electron chi connectivity index (χ3n) is 3.99. The van der Waals surface area contributed by atoms with E-state index in [1.165, 1.54) is 0 Å². The molecule has 4 heteroatoms. The molecule has 2 rings (SSSR count). The standard InChI is InChI=1S/C16H29N3O/c1-13(2)9-17-10-15-5-6-16(20-15)12-19-8-7-18(4)14(3)11-19/h5-6,13-14,17H,7-12H2,1-4H3. The first-order valence-corrected chi connectivity index (χ1v) is 7.75. The van der Waals surface area contributed by atoms with Gasteiger partial charge in [0.15, 0.2) is 0 Å². The molecule has 1 aliphatic rings. The molecule has 4 nitrogen and oxygen atoms in total. The maximum atomic E-state index is 5.91. The van der Waals surface area contributed by atoms with E-state index in [1.54, 1.807) is 0 Å². The molecule has 1 unspecified atom stereocenters. The van der Waals surface area contributed by atoms with E-state index < -0.39 is 0 Å². The van der Waals surface area contributed by atoms with Crippen molar-refractivity contribution in [2.45, 2.75) is 39.9 Å². The van der Waals surface area contributed by atoms with Crippen LogP contribution in [0.3, 0.4) is 0 Å². The van der Waals surface area contributed by atoms with Gasteiger partial charge in [-0.25, -0.2) is 0 Å². The minimum absolute atomic E-state index is 0.630. The fourth-order valence-electron chi connectivity index (χ4n) is 2.57. The molecule has 0 radical (unpaired) electrons. The Morgan fingerprint density at radius 3 is 2.75 bits per heavy atom. The van der Waals surface area contributed by atoms with Gasteiger partial charge in [-0.15, -0.1) is 0 Å². The molecule has 0 saturated carbocycles. The van der Waals surface area contributed by atoms with Crippen LogP contribution in [0.25, 0.3) is 0 Å². The summed E-state index contributed by atoms with van der Waals surface area (Å²) in [5.74, 6) is 2.81. The van der Waals surface area contributed by atoms with E-state index in [0.717, 1.165) is 50.8 Å². The highest BCUT2D eigenvalue weighted by Gasteiger charge is 2.21. The smallest absolute Gasteiger partial charge is 0.118 e. The summed E-state index contributed by atoms with van der Waals surface area (Å²) >= 11 is 0. The molecule has 1 atom stereocenters. The highest BCUT2D eigenvalue weighted by atomic mass is 16.3. The van der Waals surface area contributed by atoms with Gasteiger partial charge < -0.3 is 14.6 Å². The largest absolute Gasteiger partial charge is 0.463 e. The van der Waals surface area contributed by atoms with Crippen LogP contribution >= 0.6 is 0 Å². The minimum Gasteiger partial charge on any atom is -0.463 e. The van der Waals surface area contributed by atoms with Crippen molar-refractivity contribution in [3.05, 3.63) is 23.7 Å². The maximum Gasteiger partial charge on any atom is 0.118 e. The summed E-state index contributed by atoms with van der Waals surface area (Å²) < 4.78 is 5.91. The third kappa shape index (κ3) is 4.62. The number of nitrogens with zero attached hydrogens (tertiary/aromatic N) is 2. The van der Waals surface area contributed by atoms with E-state index in [0.29, 0.717) is 12.0 Å². The molecule has 20 heavy (non-hydrogen) atoms. The second-order valence-corrected chi connectivity index (χ2v) is 6.46. The molecular weight excluding hydrogens is 250 g/mol. The summed E-state index contributed by atoms with van der Waals surface area (Å²) in [6.45, 7) is 12.9. The molecule has 1 aromatic heterocycles. The average Bonchev–Trinajstić information content (AvgIpc) is 2.81. The normalized spacial score (nSPS) is 21.8. The van der Waals surface area contributed by atoms with Crippen LogP contribution in [0.1, 0.15) is 32.3 Å². The summed E-state index contributed by atoms with van der Waals surface area (Å²) in [4.78, 5) is 4.90. The van der Waals surface area contributed by atoms with Gasteiger partial charge in [-0.2, -0.15) is 0 Å². The Kier molecular flexibility index (Phi) is 5.64. The Hall–Kier alpha value is -0.840. The maximum absolute atomic E-state index is 5.91. The molecule has 0 amide bonds. The van der Waals surface area contributed by atoms with Gasteiger partial charge in [-0.05, 0) is 38.6 Å². The fraction of sp³-hybridized carbons (Fsp3) is 0.750. The summed E-state index contributed by atoms with van der Waals surface area (Å²) in [5.41, 5.74) is 0. The number of piperazine rings is 1. The first kappa shape index (κ1) is 15.5. The first-order chi connectivity index (χ1) is 9.54. The Morgan fingerprint density at radius 2 is 2.05 bits per heavy atom. The molecule has 0 aromatic carbocycles. The van der Waals surface area contributed by atoms with Crippen LogP contribution in [0, 0.1) is 5.92 Å². The number of hydrogen-bond donors (Lipinski definition) is 1. The quantitative estimate of drug-likeness (QED) is 0.865. The molecule has 1 N–H and O–H groups in total. The van der Waals surface area contributed by atoms with Crippen molar-refractivity contribution < 1.29 is 4.42 Å². The molecule has 0 aliphatic carbocycles. The van der Waals surface area contributed by atoms with Gasteiger partial charge in [-0.1, -0.05) is 13.8 Å². The van der Waals surface area contributed by atoms with Crippen molar-refractivity contribution >= 4 is 0 Å². The second-order valence-electron chi connectivity index (χ2n) is 6.46. The summed E-state index contributed by atoms with van der Waals surface area (Å²) in [5, 5.41) is 3.42. The van der Waals surface area contributed by atoms with Crippen LogP contribution in [0.15, 0.2) is 16.5 Å². The first-order valence-electron chi connectivity index (χ1n) is 7.75. The lowest BCUT2D eigenvalue weighted by atomic mass is 10.2. The monoisotopic (exact) mass is 279 g/mol. The third-order valence-corrected chi connectivity index (χ3v) is 3.99. The number of nitrogens with one attached hydrogen (secondary N) is 1. The molecule has 114 valence electrons. The van der Waals surface area contributed by atoms with Crippen LogP contribution in [-0.2, 0) is 13.1 Å². The number of rotatable bonds is 6. The zero-order valence-corrected chi connectivity index (χ0v) is 13.4. The molecule has 0 spiro atoms. The predicted octanol–water partition coefficient (Wildman–Crippen LogP) is 2.16. The predicted molar refractivity (Wildman–Crippen MR) is 82.6 cm³/mol. The highest BCUT2D eigenvalue weighted by Crippen LogP contribution is 2.14. The van der Waals surface area contributed by atoms with Crippen LogP contribution in [-0.4, -0.2) is 49.1 Å². The Morgan fingerprint density at radius 1 is 1.30 bits per heavy atom. The second kappa shape index (κ2) is 7.25. The lowest BCUT2D eigenvalue weighted by Crippen LogP contribution is -2.49. The number of likely N-dealkylation sites (N-methyl/N-ethyl adjacent to an activating group) is 1. The van der Waals surface area contributed by atoms with E-state index in [-0.39, 0.29) is 0 Å². The fourth-order valence-corrected chi connectivity index (χ4v) is 2.57. The van der Waals surface area contributed by atoms with Gasteiger partial charge in [0.25, 0.3) is 0 Å². The molecule has 1 saturated heterocycles. The Balaban J connectivity index is 1.78. The molecular formula is C16H29N3O. The topological polar surface area (TPSA) is 31.6 Å². The van der Waals surface area contributed by atoms with Crippen molar-refractivity contribution in [2.75, 3.05) is 33.2 Å². The summed E-state index contributed by atoms with van der Waals surface area (Å²) in [7, 11) is 2.20. The van der Waals surface area contributed by atoms with E-state index in [4.69, 9.17) is 4.42 Å². The van der Waals surface area contributed by atoms with Gasteiger partial charge >= 0.3 is 0 Å². The van der Waals surface area contributed by atoms with E-state index in [2.05, 4.69) is 55.1 Å². The van der Waals surface area contributed by atoms with Gasteiger partial charge in [0, 0.05) is 25.7 Å². The Bertz CT molecular complexity index is 402. The molecule has 2 heterocycles. The summed E-state index contributed by atoms with van der Waals surface area (Å²) in [6.07, 6.45) is 0. The average molecular weight is 279 g/mol. The van der Waals surface area contributed by atoms with Crippen LogP contribution < -0.4 is 5.32 Å². The lowest BCUT2D eigenvalue weighted by Gasteiger charge is -2.37. The molecule has 0 bridgehead atoms. The van der Waals surface area contributed by atoms with Crippen LogP contribution in [0.5, 0.6) is 0 Å². The minimum atomic E-state index is 0.630. The van der Waals surface area contributed by atoms with Gasteiger partial charge in [-0.3, -0.25) is 4.90 Å². The lowest BCUT2D eigenvalue weighted by molar-refractivity contribution is 0.0943. The molecule has 1 aromatic rings. The zero-order chi connectivity index (χ0) is 14.5. The molecule has 1 aliphatic heterocycles. The number of hydrogen-bond acceptors (Lipinski definition) is 4. The van der Waals surface area contributed by atoms with E-state index >= 15 is 0 Å². The zero-order valence-electron chi connectivity index (χ0n) is 13.4. The Labute approximate surface area is 123 Å².